The molecule has 1 saturated carbocycles. The molecule has 0 aromatic carbocycles. The topological polar surface area (TPSA) is 35.5 Å². The Morgan fingerprint density at radius 1 is 1.30 bits per heavy atom. The van der Waals surface area contributed by atoms with E-state index in [1.165, 1.54) is 5.57 Å². The van der Waals surface area contributed by atoms with Gasteiger partial charge in [0.2, 0.25) is 0 Å². The van der Waals surface area contributed by atoms with Gasteiger partial charge in [-0.1, -0.05) is 32.1 Å². The third kappa shape index (κ3) is 3.04. The van der Waals surface area contributed by atoms with E-state index >= 15 is 0 Å². The Labute approximate surface area is 122 Å². The fraction of sp³-hybridized carbons (Fsp3) is 0.706. The number of rotatable bonds is 4. The molecule has 3 heteroatoms. The van der Waals surface area contributed by atoms with Crippen LogP contribution in [0.15, 0.2) is 24.3 Å². The van der Waals surface area contributed by atoms with Crippen molar-refractivity contribution in [1.29, 1.82) is 0 Å². The highest BCUT2D eigenvalue weighted by molar-refractivity contribution is 5.50. The van der Waals surface area contributed by atoms with Gasteiger partial charge in [-0.2, -0.15) is 0 Å². The number of aldehydes is 1. The third-order valence-corrected chi connectivity index (χ3v) is 4.94. The van der Waals surface area contributed by atoms with Crippen molar-refractivity contribution in [3.8, 4) is 0 Å². The molecule has 0 aromatic heterocycles. The zero-order valence-electron chi connectivity index (χ0n) is 12.9. The second-order valence-electron chi connectivity index (χ2n) is 6.67. The maximum Gasteiger partial charge on any atom is 0.185 e. The van der Waals surface area contributed by atoms with E-state index in [1.54, 1.807) is 0 Å². The molecule has 3 nitrogen and oxygen atoms in total. The van der Waals surface area contributed by atoms with Crippen molar-refractivity contribution in [2.75, 3.05) is 13.2 Å². The Balaban J connectivity index is 2.16. The van der Waals surface area contributed by atoms with E-state index in [0.717, 1.165) is 19.1 Å². The molecule has 2 aliphatic rings. The third-order valence-electron chi connectivity index (χ3n) is 4.94. The van der Waals surface area contributed by atoms with Gasteiger partial charge < -0.3 is 14.3 Å². The molecular weight excluding hydrogens is 252 g/mol. The molecule has 1 aliphatic carbocycles. The number of hydrogen-bond donors (Lipinski definition) is 0. The zero-order chi connectivity index (χ0) is 14.8. The molecule has 0 bridgehead atoms. The van der Waals surface area contributed by atoms with Gasteiger partial charge in [-0.3, -0.25) is 0 Å². The van der Waals surface area contributed by atoms with E-state index in [1.807, 2.05) is 13.0 Å². The zero-order valence-corrected chi connectivity index (χ0v) is 12.9. The summed E-state index contributed by atoms with van der Waals surface area (Å²) in [5.41, 5.74) is 1.29. The van der Waals surface area contributed by atoms with Gasteiger partial charge >= 0.3 is 0 Å². The molecular formula is C17H26O3. The summed E-state index contributed by atoms with van der Waals surface area (Å²) in [5.74, 6) is 0.0812. The minimum atomic E-state index is -0.603. The van der Waals surface area contributed by atoms with E-state index in [4.69, 9.17) is 9.47 Å². The van der Waals surface area contributed by atoms with E-state index in [2.05, 4.69) is 26.5 Å². The number of ether oxygens (including phenoxy) is 2. The summed E-state index contributed by atoms with van der Waals surface area (Å²) in [7, 11) is 0. The summed E-state index contributed by atoms with van der Waals surface area (Å²) >= 11 is 0. The largest absolute Gasteiger partial charge is 0.344 e. The first-order valence-electron chi connectivity index (χ1n) is 7.47. The molecule has 0 radical (unpaired) electrons. The van der Waals surface area contributed by atoms with E-state index in [-0.39, 0.29) is 11.3 Å². The van der Waals surface area contributed by atoms with Crippen LogP contribution in [0.1, 0.15) is 40.0 Å². The molecule has 2 fully saturated rings. The maximum absolute atomic E-state index is 10.9. The minimum Gasteiger partial charge on any atom is -0.344 e. The molecule has 1 heterocycles. The SMILES string of the molecule is C=C1CC[C@H](CC=O)C(C)(C)[C@H]1/C=C/C1(C)OCCO1. The van der Waals surface area contributed by atoms with Crippen LogP contribution in [0, 0.1) is 17.3 Å². The normalized spacial score (nSPS) is 32.6. The van der Waals surface area contributed by atoms with Gasteiger partial charge in [-0.05, 0) is 37.2 Å². The highest BCUT2D eigenvalue weighted by atomic mass is 16.7. The van der Waals surface area contributed by atoms with Gasteiger partial charge in [-0.15, -0.1) is 0 Å². The molecule has 112 valence electrons. The smallest absolute Gasteiger partial charge is 0.185 e. The lowest BCUT2D eigenvalue weighted by atomic mass is 9.60. The lowest BCUT2D eigenvalue weighted by Gasteiger charge is -2.45. The molecule has 0 unspecified atom stereocenters. The van der Waals surface area contributed by atoms with Crippen LogP contribution < -0.4 is 0 Å². The quantitative estimate of drug-likeness (QED) is 0.583. The maximum atomic E-state index is 10.9. The Morgan fingerprint density at radius 3 is 2.55 bits per heavy atom. The van der Waals surface area contributed by atoms with Gasteiger partial charge in [-0.25, -0.2) is 0 Å². The van der Waals surface area contributed by atoms with Gasteiger partial charge in [0.25, 0.3) is 0 Å². The average Bonchev–Trinajstić information content (AvgIpc) is 2.80. The van der Waals surface area contributed by atoms with Crippen molar-refractivity contribution in [3.63, 3.8) is 0 Å². The van der Waals surface area contributed by atoms with Gasteiger partial charge in [0.05, 0.1) is 13.2 Å². The van der Waals surface area contributed by atoms with Gasteiger partial charge in [0.1, 0.15) is 6.29 Å². The predicted molar refractivity (Wildman–Crippen MR) is 79.3 cm³/mol. The van der Waals surface area contributed by atoms with Gasteiger partial charge in [0, 0.05) is 12.3 Å². The van der Waals surface area contributed by atoms with Crippen molar-refractivity contribution in [3.05, 3.63) is 24.3 Å². The summed E-state index contributed by atoms with van der Waals surface area (Å²) in [4.78, 5) is 10.9. The number of allylic oxidation sites excluding steroid dienone is 2. The van der Waals surface area contributed by atoms with Crippen molar-refractivity contribution in [2.45, 2.75) is 45.8 Å². The average molecular weight is 278 g/mol. The molecule has 20 heavy (non-hydrogen) atoms. The fourth-order valence-electron chi connectivity index (χ4n) is 3.49. The first-order valence-corrected chi connectivity index (χ1v) is 7.47. The van der Waals surface area contributed by atoms with Crippen molar-refractivity contribution < 1.29 is 14.3 Å². The van der Waals surface area contributed by atoms with Crippen molar-refractivity contribution in [1.82, 2.24) is 0 Å². The summed E-state index contributed by atoms with van der Waals surface area (Å²) < 4.78 is 11.2. The molecule has 0 aromatic rings. The van der Waals surface area contributed by atoms with E-state index in [9.17, 15) is 4.79 Å². The number of carbonyl (C=O) groups is 1. The van der Waals surface area contributed by atoms with Crippen LogP contribution in [0.3, 0.4) is 0 Å². The Morgan fingerprint density at radius 2 is 1.95 bits per heavy atom. The highest BCUT2D eigenvalue weighted by Crippen LogP contribution is 2.49. The Hall–Kier alpha value is -0.930. The monoisotopic (exact) mass is 278 g/mol. The van der Waals surface area contributed by atoms with E-state index in [0.29, 0.717) is 25.6 Å². The first-order chi connectivity index (χ1) is 9.39. The van der Waals surface area contributed by atoms with Crippen LogP contribution in [0.2, 0.25) is 0 Å². The molecule has 1 saturated heterocycles. The summed E-state index contributed by atoms with van der Waals surface area (Å²) in [6, 6.07) is 0. The molecule has 0 N–H and O–H groups in total. The second kappa shape index (κ2) is 5.82. The van der Waals surface area contributed by atoms with Crippen LogP contribution in [0.4, 0.5) is 0 Å². The van der Waals surface area contributed by atoms with Crippen molar-refractivity contribution >= 4 is 6.29 Å². The predicted octanol–water partition coefficient (Wildman–Crippen LogP) is 3.50. The van der Waals surface area contributed by atoms with E-state index < -0.39 is 5.79 Å². The molecule has 0 spiro atoms. The summed E-state index contributed by atoms with van der Waals surface area (Å²) in [6.07, 6.45) is 7.92. The lowest BCUT2D eigenvalue weighted by molar-refractivity contribution is -0.110. The number of hydrogen-bond acceptors (Lipinski definition) is 3. The lowest BCUT2D eigenvalue weighted by Crippen LogP contribution is -2.37. The highest BCUT2D eigenvalue weighted by Gasteiger charge is 2.41. The van der Waals surface area contributed by atoms with Gasteiger partial charge in [0.15, 0.2) is 5.79 Å². The molecule has 2 atom stereocenters. The standard InChI is InChI=1S/C17H26O3/c1-13-5-6-14(8-10-18)16(2,3)15(13)7-9-17(4)19-11-12-20-17/h7,9-10,14-15H,1,5-6,8,11-12H2,2-4H3/b9-7+/t14-,15+/m1/s1. The molecule has 1 aliphatic heterocycles. The Bertz CT molecular complexity index is 402. The first kappa shape index (κ1) is 15.5. The summed E-state index contributed by atoms with van der Waals surface area (Å²) in [6.45, 7) is 11.9. The Kier molecular flexibility index (Phi) is 4.50. The molecule has 0 amide bonds. The summed E-state index contributed by atoms with van der Waals surface area (Å²) in [5, 5.41) is 0. The molecule has 2 rings (SSSR count). The van der Waals surface area contributed by atoms with Crippen LogP contribution in [0.5, 0.6) is 0 Å². The number of carbonyl (C=O) groups excluding carboxylic acids is 1. The fourth-order valence-corrected chi connectivity index (χ4v) is 3.49. The van der Waals surface area contributed by atoms with Crippen LogP contribution in [-0.4, -0.2) is 25.3 Å². The van der Waals surface area contributed by atoms with Crippen LogP contribution in [0.25, 0.3) is 0 Å². The van der Waals surface area contributed by atoms with Crippen LogP contribution in [-0.2, 0) is 14.3 Å². The van der Waals surface area contributed by atoms with Crippen molar-refractivity contribution in [2.24, 2.45) is 17.3 Å². The minimum absolute atomic E-state index is 0.0434. The van der Waals surface area contributed by atoms with Crippen LogP contribution >= 0.6 is 0 Å². The second-order valence-corrected chi connectivity index (χ2v) is 6.67.